The Morgan fingerprint density at radius 2 is 1.92 bits per heavy atom. The first-order valence-corrected chi connectivity index (χ1v) is 10.5. The normalized spacial score (nSPS) is 17.7. The van der Waals surface area contributed by atoms with E-state index in [1.54, 1.807) is 4.88 Å². The molecule has 0 aromatic carbocycles. The molecular weight excluding hydrogens is 350 g/mol. The van der Waals surface area contributed by atoms with Crippen molar-refractivity contribution in [2.45, 2.75) is 39.0 Å². The smallest absolute Gasteiger partial charge is 0.168 e. The molecule has 1 fully saturated rings. The van der Waals surface area contributed by atoms with Crippen molar-refractivity contribution in [3.05, 3.63) is 16.3 Å². The van der Waals surface area contributed by atoms with E-state index in [0.29, 0.717) is 0 Å². The average molecular weight is 376 g/mol. The molecule has 1 aliphatic heterocycles. The summed E-state index contributed by atoms with van der Waals surface area (Å²) in [6.45, 7) is 5.95. The maximum absolute atomic E-state index is 5.39. The van der Waals surface area contributed by atoms with Crippen molar-refractivity contribution < 1.29 is 0 Å². The average Bonchev–Trinajstić information content (AvgIpc) is 3.05. The van der Waals surface area contributed by atoms with Gasteiger partial charge in [-0.25, -0.2) is 9.97 Å². The standard InChI is InChI=1S/C18H25N5S2/c1-3-14-20-16(22-8-10-23(11-9-22)18(24)19-2)15-12-6-4-5-7-13(12)25-17(15)21-14/h3-11H2,1-2H3,(H,19,24). The second kappa shape index (κ2) is 7.03. The van der Waals surface area contributed by atoms with Gasteiger partial charge in [0.1, 0.15) is 16.5 Å². The summed E-state index contributed by atoms with van der Waals surface area (Å²) in [4.78, 5) is 17.2. The van der Waals surface area contributed by atoms with Crippen molar-refractivity contribution in [2.75, 3.05) is 38.1 Å². The fourth-order valence-corrected chi connectivity index (χ4v) is 5.30. The third-order valence-electron chi connectivity index (χ3n) is 5.24. The molecule has 0 saturated carbocycles. The van der Waals surface area contributed by atoms with Gasteiger partial charge in [0.25, 0.3) is 0 Å². The molecule has 0 bridgehead atoms. The number of thiocarbonyl (C=S) groups is 1. The second-order valence-electron chi connectivity index (χ2n) is 6.74. The summed E-state index contributed by atoms with van der Waals surface area (Å²) < 4.78 is 0. The molecule has 2 aromatic rings. The maximum Gasteiger partial charge on any atom is 0.168 e. The fourth-order valence-electron chi connectivity index (χ4n) is 3.85. The minimum Gasteiger partial charge on any atom is -0.366 e. The van der Waals surface area contributed by atoms with E-state index in [-0.39, 0.29) is 0 Å². The Kier molecular flexibility index (Phi) is 4.78. The Morgan fingerprint density at radius 1 is 1.16 bits per heavy atom. The summed E-state index contributed by atoms with van der Waals surface area (Å²) in [5.74, 6) is 2.13. The second-order valence-corrected chi connectivity index (χ2v) is 8.21. The van der Waals surface area contributed by atoms with Crippen LogP contribution in [0.2, 0.25) is 0 Å². The summed E-state index contributed by atoms with van der Waals surface area (Å²) in [7, 11) is 1.90. The first-order chi connectivity index (χ1) is 12.2. The van der Waals surface area contributed by atoms with E-state index in [1.807, 2.05) is 18.4 Å². The van der Waals surface area contributed by atoms with E-state index >= 15 is 0 Å². The van der Waals surface area contributed by atoms with Gasteiger partial charge in [-0.3, -0.25) is 0 Å². The van der Waals surface area contributed by atoms with E-state index in [2.05, 4.69) is 22.0 Å². The number of rotatable bonds is 2. The van der Waals surface area contributed by atoms with Crippen LogP contribution in [0.3, 0.4) is 0 Å². The Balaban J connectivity index is 1.71. The number of aromatic nitrogens is 2. The summed E-state index contributed by atoms with van der Waals surface area (Å²) in [6, 6.07) is 0. The van der Waals surface area contributed by atoms with Gasteiger partial charge in [0.05, 0.1) is 5.39 Å². The SMILES string of the molecule is CCc1nc(N2CCN(C(=S)NC)CC2)c2c3c(sc2n1)CCCC3. The van der Waals surface area contributed by atoms with Crippen molar-refractivity contribution in [3.63, 3.8) is 0 Å². The Morgan fingerprint density at radius 3 is 2.64 bits per heavy atom. The van der Waals surface area contributed by atoms with Gasteiger partial charge < -0.3 is 15.1 Å². The van der Waals surface area contributed by atoms with Crippen LogP contribution >= 0.6 is 23.6 Å². The highest BCUT2D eigenvalue weighted by molar-refractivity contribution is 7.80. The third-order valence-corrected chi connectivity index (χ3v) is 6.89. The minimum atomic E-state index is 0.842. The van der Waals surface area contributed by atoms with Gasteiger partial charge in [0, 0.05) is 44.5 Å². The number of hydrogen-bond acceptors (Lipinski definition) is 5. The zero-order chi connectivity index (χ0) is 17.4. The van der Waals surface area contributed by atoms with E-state index in [1.165, 1.54) is 41.5 Å². The molecule has 0 amide bonds. The zero-order valence-electron chi connectivity index (χ0n) is 15.0. The summed E-state index contributed by atoms with van der Waals surface area (Å²) in [6.07, 6.45) is 5.87. The molecule has 1 saturated heterocycles. The van der Waals surface area contributed by atoms with Gasteiger partial charge in [0.2, 0.25) is 0 Å². The predicted octanol–water partition coefficient (Wildman–Crippen LogP) is 2.76. The topological polar surface area (TPSA) is 44.3 Å². The van der Waals surface area contributed by atoms with Crippen LogP contribution in [0.15, 0.2) is 0 Å². The van der Waals surface area contributed by atoms with Crippen molar-refractivity contribution in [1.82, 2.24) is 20.2 Å². The number of fused-ring (bicyclic) bond motifs is 3. The minimum absolute atomic E-state index is 0.842. The number of thiophene rings is 1. The van der Waals surface area contributed by atoms with Gasteiger partial charge >= 0.3 is 0 Å². The highest BCUT2D eigenvalue weighted by atomic mass is 32.1. The molecule has 7 heteroatoms. The highest BCUT2D eigenvalue weighted by Crippen LogP contribution is 2.40. The molecule has 2 aromatic heterocycles. The largest absolute Gasteiger partial charge is 0.366 e. The van der Waals surface area contributed by atoms with E-state index in [4.69, 9.17) is 22.2 Å². The lowest BCUT2D eigenvalue weighted by molar-refractivity contribution is 0.382. The Hall–Kier alpha value is -1.47. The number of nitrogens with one attached hydrogen (secondary N) is 1. The first kappa shape index (κ1) is 17.0. The zero-order valence-corrected chi connectivity index (χ0v) is 16.6. The number of hydrogen-bond donors (Lipinski definition) is 1. The molecule has 0 spiro atoms. The van der Waals surface area contributed by atoms with Crippen LogP contribution < -0.4 is 10.2 Å². The van der Waals surface area contributed by atoms with Crippen molar-refractivity contribution in [1.29, 1.82) is 0 Å². The van der Waals surface area contributed by atoms with Gasteiger partial charge in [-0.1, -0.05) is 6.92 Å². The maximum atomic E-state index is 5.39. The molecule has 3 heterocycles. The molecule has 0 unspecified atom stereocenters. The molecule has 0 radical (unpaired) electrons. The van der Waals surface area contributed by atoms with Crippen LogP contribution in [0.5, 0.6) is 0 Å². The van der Waals surface area contributed by atoms with Crippen LogP contribution in [-0.4, -0.2) is 53.2 Å². The molecule has 25 heavy (non-hydrogen) atoms. The van der Waals surface area contributed by atoms with Crippen LogP contribution in [-0.2, 0) is 19.3 Å². The van der Waals surface area contributed by atoms with E-state index in [9.17, 15) is 0 Å². The first-order valence-electron chi connectivity index (χ1n) is 9.24. The summed E-state index contributed by atoms with van der Waals surface area (Å²) in [5.41, 5.74) is 1.53. The lowest BCUT2D eigenvalue weighted by Gasteiger charge is -2.37. The van der Waals surface area contributed by atoms with Crippen molar-refractivity contribution in [3.8, 4) is 0 Å². The van der Waals surface area contributed by atoms with E-state index in [0.717, 1.165) is 49.4 Å². The van der Waals surface area contributed by atoms with Crippen molar-refractivity contribution >= 4 is 44.7 Å². The van der Waals surface area contributed by atoms with Gasteiger partial charge in [-0.15, -0.1) is 11.3 Å². The highest BCUT2D eigenvalue weighted by Gasteiger charge is 2.26. The molecule has 134 valence electrons. The van der Waals surface area contributed by atoms with Gasteiger partial charge in [0.15, 0.2) is 5.11 Å². The Bertz CT molecular complexity index is 792. The number of aryl methyl sites for hydroxylation is 3. The van der Waals surface area contributed by atoms with Gasteiger partial charge in [-0.05, 0) is 43.5 Å². The van der Waals surface area contributed by atoms with E-state index < -0.39 is 0 Å². The van der Waals surface area contributed by atoms with Gasteiger partial charge in [-0.2, -0.15) is 0 Å². The lowest BCUT2D eigenvalue weighted by atomic mass is 9.97. The van der Waals surface area contributed by atoms with Crippen LogP contribution in [0.1, 0.15) is 36.0 Å². The lowest BCUT2D eigenvalue weighted by Crippen LogP contribution is -2.51. The molecule has 4 rings (SSSR count). The third kappa shape index (κ3) is 3.08. The number of anilines is 1. The van der Waals surface area contributed by atoms with Crippen molar-refractivity contribution in [2.24, 2.45) is 0 Å². The van der Waals surface area contributed by atoms with Crippen LogP contribution in [0, 0.1) is 0 Å². The quantitative estimate of drug-likeness (QED) is 0.815. The monoisotopic (exact) mass is 375 g/mol. The molecule has 1 aliphatic carbocycles. The molecule has 5 nitrogen and oxygen atoms in total. The Labute approximate surface area is 158 Å². The predicted molar refractivity (Wildman–Crippen MR) is 109 cm³/mol. The fraction of sp³-hybridized carbons (Fsp3) is 0.611. The molecular formula is C18H25N5S2. The molecule has 1 N–H and O–H groups in total. The van der Waals surface area contributed by atoms with Crippen LogP contribution in [0.25, 0.3) is 10.2 Å². The number of nitrogens with zero attached hydrogens (tertiary/aromatic N) is 4. The molecule has 2 aliphatic rings. The number of piperazine rings is 1. The van der Waals surface area contributed by atoms with Crippen LogP contribution in [0.4, 0.5) is 5.82 Å². The molecule has 0 atom stereocenters. The summed E-state index contributed by atoms with van der Waals surface area (Å²) in [5, 5.41) is 5.27. The summed E-state index contributed by atoms with van der Waals surface area (Å²) >= 11 is 7.28.